The first-order chi connectivity index (χ1) is 7.72. The van der Waals surface area contributed by atoms with Crippen molar-refractivity contribution in [3.63, 3.8) is 0 Å². The van der Waals surface area contributed by atoms with Gasteiger partial charge in [0.05, 0.1) is 19.3 Å². The van der Waals surface area contributed by atoms with Crippen molar-refractivity contribution in [3.8, 4) is 0 Å². The van der Waals surface area contributed by atoms with Gasteiger partial charge >= 0.3 is 0 Å². The van der Waals surface area contributed by atoms with Crippen molar-refractivity contribution >= 4 is 27.6 Å². The number of aromatic nitrogens is 2. The highest BCUT2D eigenvalue weighted by atomic mass is 79.9. The van der Waals surface area contributed by atoms with Crippen LogP contribution in [0.5, 0.6) is 0 Å². The van der Waals surface area contributed by atoms with Crippen molar-refractivity contribution in [2.24, 2.45) is 5.84 Å². The topological polar surface area (TPSA) is 105 Å². The van der Waals surface area contributed by atoms with Gasteiger partial charge in [-0.05, 0) is 15.9 Å². The first-order valence-electron chi connectivity index (χ1n) is 4.56. The number of halogens is 1. The fourth-order valence-electron chi connectivity index (χ4n) is 1.11. The van der Waals surface area contributed by atoms with Crippen LogP contribution < -0.4 is 16.6 Å². The molecule has 5 N–H and O–H groups in total. The van der Waals surface area contributed by atoms with Crippen LogP contribution in [0.1, 0.15) is 0 Å². The van der Waals surface area contributed by atoms with E-state index in [1.165, 1.54) is 6.33 Å². The summed E-state index contributed by atoms with van der Waals surface area (Å²) in [6, 6.07) is -0.234. The molecule has 1 rings (SSSR count). The van der Waals surface area contributed by atoms with E-state index in [2.05, 4.69) is 36.6 Å². The number of nitrogens with two attached hydrogens (primary N) is 1. The minimum Gasteiger partial charge on any atom is -0.394 e. The third-order valence-electron chi connectivity index (χ3n) is 1.86. The third kappa shape index (κ3) is 3.27. The molecular weight excluding hydrogens is 278 g/mol. The summed E-state index contributed by atoms with van der Waals surface area (Å²) < 4.78 is 5.55. The lowest BCUT2D eigenvalue weighted by atomic mass is 10.3. The summed E-state index contributed by atoms with van der Waals surface area (Å²) in [6.07, 6.45) is 1.36. The SMILES string of the molecule is COCC(CO)Nc1ncnc(NN)c1Br. The molecule has 1 unspecified atom stereocenters. The van der Waals surface area contributed by atoms with Crippen LogP contribution in [-0.2, 0) is 4.74 Å². The van der Waals surface area contributed by atoms with Gasteiger partial charge in [-0.25, -0.2) is 15.8 Å². The average Bonchev–Trinajstić information content (AvgIpc) is 2.31. The summed E-state index contributed by atoms with van der Waals surface area (Å²) >= 11 is 3.30. The highest BCUT2D eigenvalue weighted by Crippen LogP contribution is 2.25. The molecule has 90 valence electrons. The molecule has 0 aromatic carbocycles. The highest BCUT2D eigenvalue weighted by molar-refractivity contribution is 9.10. The van der Waals surface area contributed by atoms with E-state index in [0.29, 0.717) is 22.7 Å². The van der Waals surface area contributed by atoms with E-state index in [-0.39, 0.29) is 12.6 Å². The van der Waals surface area contributed by atoms with Crippen molar-refractivity contribution in [1.82, 2.24) is 9.97 Å². The molecule has 0 bridgehead atoms. The zero-order valence-corrected chi connectivity index (χ0v) is 10.4. The van der Waals surface area contributed by atoms with Crippen LogP contribution in [0.15, 0.2) is 10.8 Å². The molecule has 0 aliphatic carbocycles. The summed E-state index contributed by atoms with van der Waals surface area (Å²) in [6.45, 7) is 0.313. The molecule has 0 saturated heterocycles. The number of hydrogen-bond donors (Lipinski definition) is 4. The van der Waals surface area contributed by atoms with Crippen molar-refractivity contribution in [3.05, 3.63) is 10.8 Å². The van der Waals surface area contributed by atoms with Crippen LogP contribution in [-0.4, -0.2) is 41.4 Å². The molecule has 1 aromatic heterocycles. The van der Waals surface area contributed by atoms with Gasteiger partial charge in [0.2, 0.25) is 0 Å². The van der Waals surface area contributed by atoms with E-state index in [9.17, 15) is 0 Å². The van der Waals surface area contributed by atoms with E-state index in [1.807, 2.05) is 0 Å². The predicted octanol–water partition coefficient (Wildman–Crippen LogP) is -0.0561. The maximum absolute atomic E-state index is 9.09. The molecule has 1 atom stereocenters. The van der Waals surface area contributed by atoms with Crippen LogP contribution in [0, 0.1) is 0 Å². The van der Waals surface area contributed by atoms with Gasteiger partial charge in [-0.1, -0.05) is 0 Å². The zero-order valence-electron chi connectivity index (χ0n) is 8.77. The molecule has 0 aliphatic heterocycles. The van der Waals surface area contributed by atoms with Gasteiger partial charge in [0, 0.05) is 7.11 Å². The quantitative estimate of drug-likeness (QED) is 0.430. The Morgan fingerprint density at radius 1 is 1.56 bits per heavy atom. The molecule has 0 radical (unpaired) electrons. The second-order valence-electron chi connectivity index (χ2n) is 3.01. The van der Waals surface area contributed by atoms with Crippen LogP contribution in [0.4, 0.5) is 11.6 Å². The number of ether oxygens (including phenoxy) is 1. The Balaban J connectivity index is 2.79. The summed E-state index contributed by atoms with van der Waals surface area (Å²) in [5.41, 5.74) is 2.43. The minimum absolute atomic E-state index is 0.0599. The molecule has 1 aromatic rings. The molecule has 0 saturated carbocycles. The Morgan fingerprint density at radius 3 is 2.81 bits per heavy atom. The van der Waals surface area contributed by atoms with Crippen molar-refractivity contribution in [2.75, 3.05) is 31.1 Å². The van der Waals surface area contributed by atoms with Gasteiger partial charge in [0.25, 0.3) is 0 Å². The molecule has 7 nitrogen and oxygen atoms in total. The minimum atomic E-state index is -0.234. The largest absolute Gasteiger partial charge is 0.394 e. The third-order valence-corrected chi connectivity index (χ3v) is 2.61. The Morgan fingerprint density at radius 2 is 2.25 bits per heavy atom. The summed E-state index contributed by atoms with van der Waals surface area (Å²) in [4.78, 5) is 7.93. The number of rotatable bonds is 6. The molecule has 8 heteroatoms. The normalized spacial score (nSPS) is 12.2. The van der Waals surface area contributed by atoms with Crippen LogP contribution in [0.3, 0.4) is 0 Å². The first-order valence-corrected chi connectivity index (χ1v) is 5.35. The number of aliphatic hydroxyl groups excluding tert-OH is 1. The smallest absolute Gasteiger partial charge is 0.159 e. The Hall–Kier alpha value is -0.960. The van der Waals surface area contributed by atoms with Gasteiger partial charge in [0.1, 0.15) is 16.6 Å². The molecule has 0 spiro atoms. The standard InChI is InChI=1S/C8H14BrN5O2/c1-16-3-5(2-15)13-7-6(9)8(14-10)12-4-11-7/h4-5,15H,2-3,10H2,1H3,(H2,11,12,13,14). The van der Waals surface area contributed by atoms with Crippen LogP contribution in [0.2, 0.25) is 0 Å². The zero-order chi connectivity index (χ0) is 12.0. The van der Waals surface area contributed by atoms with E-state index < -0.39 is 0 Å². The Kier molecular flexibility index (Phi) is 5.39. The number of aliphatic hydroxyl groups is 1. The van der Waals surface area contributed by atoms with Gasteiger partial charge in [0.15, 0.2) is 5.82 Å². The van der Waals surface area contributed by atoms with E-state index in [4.69, 9.17) is 15.7 Å². The Bertz CT molecular complexity index is 338. The predicted molar refractivity (Wildman–Crippen MR) is 63.9 cm³/mol. The van der Waals surface area contributed by atoms with Gasteiger partial charge in [-0.3, -0.25) is 0 Å². The fourth-order valence-corrected chi connectivity index (χ4v) is 1.54. The molecule has 0 amide bonds. The number of hydrazine groups is 1. The van der Waals surface area contributed by atoms with Crippen molar-refractivity contribution in [2.45, 2.75) is 6.04 Å². The average molecular weight is 292 g/mol. The van der Waals surface area contributed by atoms with Crippen LogP contribution >= 0.6 is 15.9 Å². The number of hydrogen-bond acceptors (Lipinski definition) is 7. The maximum Gasteiger partial charge on any atom is 0.159 e. The first kappa shape index (κ1) is 13.1. The second kappa shape index (κ2) is 6.59. The summed E-state index contributed by atoms with van der Waals surface area (Å²) in [5.74, 6) is 6.27. The number of anilines is 2. The number of nitrogens with one attached hydrogen (secondary N) is 2. The van der Waals surface area contributed by atoms with Crippen LogP contribution in [0.25, 0.3) is 0 Å². The Labute approximate surface area is 102 Å². The lowest BCUT2D eigenvalue weighted by Crippen LogP contribution is -2.29. The van der Waals surface area contributed by atoms with E-state index >= 15 is 0 Å². The summed E-state index contributed by atoms with van der Waals surface area (Å²) in [7, 11) is 1.56. The summed E-state index contributed by atoms with van der Waals surface area (Å²) in [5, 5.41) is 12.1. The molecule has 16 heavy (non-hydrogen) atoms. The number of nitrogens with zero attached hydrogens (tertiary/aromatic N) is 2. The molecule has 1 heterocycles. The monoisotopic (exact) mass is 291 g/mol. The lowest BCUT2D eigenvalue weighted by molar-refractivity contribution is 0.153. The molecule has 0 aliphatic rings. The molecular formula is C8H14BrN5O2. The maximum atomic E-state index is 9.09. The van der Waals surface area contributed by atoms with E-state index in [0.717, 1.165) is 0 Å². The van der Waals surface area contributed by atoms with Gasteiger partial charge in [-0.15, -0.1) is 0 Å². The van der Waals surface area contributed by atoms with Crippen molar-refractivity contribution < 1.29 is 9.84 Å². The second-order valence-corrected chi connectivity index (χ2v) is 3.80. The highest BCUT2D eigenvalue weighted by Gasteiger charge is 2.12. The fraction of sp³-hybridized carbons (Fsp3) is 0.500. The van der Waals surface area contributed by atoms with Gasteiger partial charge in [-0.2, -0.15) is 0 Å². The number of nitrogen functional groups attached to an aromatic ring is 1. The van der Waals surface area contributed by atoms with E-state index in [1.54, 1.807) is 7.11 Å². The lowest BCUT2D eigenvalue weighted by Gasteiger charge is -2.17. The molecule has 0 fully saturated rings. The number of methoxy groups -OCH3 is 1. The van der Waals surface area contributed by atoms with Gasteiger partial charge < -0.3 is 20.6 Å². The van der Waals surface area contributed by atoms with Crippen molar-refractivity contribution in [1.29, 1.82) is 0 Å².